The number of carbonyl (C=O) groups is 1. The molecule has 0 aliphatic carbocycles. The highest BCUT2D eigenvalue weighted by atomic mass is 32.2. The van der Waals surface area contributed by atoms with Crippen molar-refractivity contribution >= 4 is 21.6 Å². The molecule has 0 fully saturated rings. The molecule has 2 aromatic rings. The Morgan fingerprint density at radius 2 is 1.83 bits per heavy atom. The number of hydrogen-bond donors (Lipinski definition) is 1. The van der Waals surface area contributed by atoms with Crippen LogP contribution in [0.4, 0.5) is 5.69 Å². The number of ether oxygens (including phenoxy) is 2. The molecule has 164 valence electrons. The molecular weight excluding hydrogens is 404 g/mol. The zero-order valence-electron chi connectivity index (χ0n) is 18.3. The third-order valence-corrected chi connectivity index (χ3v) is 6.18. The Kier molecular flexibility index (Phi) is 7.72. The van der Waals surface area contributed by atoms with Crippen molar-refractivity contribution in [3.63, 3.8) is 0 Å². The first kappa shape index (κ1) is 23.5. The Hall–Kier alpha value is -2.74. The van der Waals surface area contributed by atoms with E-state index in [1.54, 1.807) is 38.3 Å². The van der Waals surface area contributed by atoms with Gasteiger partial charge in [-0.15, -0.1) is 0 Å². The van der Waals surface area contributed by atoms with Crippen molar-refractivity contribution in [2.24, 2.45) is 0 Å². The molecule has 0 unspecified atom stereocenters. The Bertz CT molecular complexity index is 991. The van der Waals surface area contributed by atoms with E-state index in [2.05, 4.69) is 5.32 Å². The third-order valence-electron chi connectivity index (χ3n) is 4.94. The zero-order valence-corrected chi connectivity index (χ0v) is 19.1. The minimum Gasteiger partial charge on any atom is -0.497 e. The van der Waals surface area contributed by atoms with Crippen LogP contribution in [0.5, 0.6) is 11.5 Å². The first-order valence-corrected chi connectivity index (χ1v) is 11.6. The van der Waals surface area contributed by atoms with Gasteiger partial charge in [-0.1, -0.05) is 25.1 Å². The molecule has 2 rings (SSSR count). The van der Waals surface area contributed by atoms with Crippen molar-refractivity contribution < 1.29 is 22.7 Å². The van der Waals surface area contributed by atoms with Crippen molar-refractivity contribution in [3.05, 3.63) is 53.6 Å². The van der Waals surface area contributed by atoms with Gasteiger partial charge in [-0.3, -0.25) is 9.10 Å². The number of sulfonamides is 1. The van der Waals surface area contributed by atoms with Crippen LogP contribution in [-0.4, -0.2) is 40.8 Å². The van der Waals surface area contributed by atoms with Gasteiger partial charge in [0.25, 0.3) is 0 Å². The lowest BCUT2D eigenvalue weighted by molar-refractivity contribution is -0.122. The first-order valence-electron chi connectivity index (χ1n) is 9.70. The fourth-order valence-corrected chi connectivity index (χ4v) is 4.55. The number of nitrogens with zero attached hydrogens (tertiary/aromatic N) is 1. The minimum absolute atomic E-state index is 0.253. The molecule has 0 aliphatic rings. The molecule has 0 aromatic heterocycles. The third kappa shape index (κ3) is 5.44. The molecule has 0 bridgehead atoms. The topological polar surface area (TPSA) is 84.9 Å². The first-order chi connectivity index (χ1) is 14.1. The number of nitrogens with one attached hydrogen (secondary N) is 1. The Morgan fingerprint density at radius 3 is 2.37 bits per heavy atom. The van der Waals surface area contributed by atoms with Gasteiger partial charge in [0.05, 0.1) is 32.2 Å². The van der Waals surface area contributed by atoms with E-state index in [0.717, 1.165) is 27.4 Å². The molecule has 1 amide bonds. The average molecular weight is 435 g/mol. The second-order valence-corrected chi connectivity index (χ2v) is 8.99. The summed E-state index contributed by atoms with van der Waals surface area (Å²) in [6.45, 7) is 5.47. The molecule has 7 nitrogen and oxygen atoms in total. The van der Waals surface area contributed by atoms with Crippen molar-refractivity contribution in [2.75, 3.05) is 24.8 Å². The van der Waals surface area contributed by atoms with Gasteiger partial charge >= 0.3 is 0 Å². The molecule has 0 spiro atoms. The molecular formula is C22H30N2O5S. The van der Waals surface area contributed by atoms with Crippen molar-refractivity contribution in [3.8, 4) is 11.5 Å². The summed E-state index contributed by atoms with van der Waals surface area (Å²) in [6, 6.07) is 11.2. The predicted octanol–water partition coefficient (Wildman–Crippen LogP) is 3.43. The Labute approximate surface area is 179 Å². The average Bonchev–Trinajstić information content (AvgIpc) is 2.70. The van der Waals surface area contributed by atoms with Gasteiger partial charge in [-0.05, 0) is 49.6 Å². The van der Waals surface area contributed by atoms with Gasteiger partial charge < -0.3 is 14.8 Å². The van der Waals surface area contributed by atoms with Crippen LogP contribution in [0.15, 0.2) is 42.5 Å². The van der Waals surface area contributed by atoms with Crippen molar-refractivity contribution in [1.29, 1.82) is 0 Å². The highest BCUT2D eigenvalue weighted by Gasteiger charge is 2.30. The maximum absolute atomic E-state index is 13.0. The summed E-state index contributed by atoms with van der Waals surface area (Å²) in [6.07, 6.45) is 1.74. The van der Waals surface area contributed by atoms with Gasteiger partial charge in [-0.2, -0.15) is 0 Å². The van der Waals surface area contributed by atoms with Crippen LogP contribution in [0, 0.1) is 6.92 Å². The maximum atomic E-state index is 13.0. The van der Waals surface area contributed by atoms with Gasteiger partial charge in [0.15, 0.2) is 0 Å². The van der Waals surface area contributed by atoms with Crippen LogP contribution in [0.3, 0.4) is 0 Å². The van der Waals surface area contributed by atoms with E-state index >= 15 is 0 Å². The molecule has 30 heavy (non-hydrogen) atoms. The molecule has 0 saturated carbocycles. The number of anilines is 1. The summed E-state index contributed by atoms with van der Waals surface area (Å²) in [5.74, 6) is 0.895. The number of aryl methyl sites for hydroxylation is 1. The Morgan fingerprint density at radius 1 is 1.13 bits per heavy atom. The normalized spacial score (nSPS) is 13.3. The van der Waals surface area contributed by atoms with E-state index in [1.165, 1.54) is 7.11 Å². The number of methoxy groups -OCH3 is 2. The van der Waals surface area contributed by atoms with Crippen molar-refractivity contribution in [1.82, 2.24) is 5.32 Å². The zero-order chi connectivity index (χ0) is 22.5. The lowest BCUT2D eigenvalue weighted by atomic mass is 10.0. The highest BCUT2D eigenvalue weighted by Crippen LogP contribution is 2.27. The molecule has 2 aromatic carbocycles. The maximum Gasteiger partial charge on any atom is 0.244 e. The van der Waals surface area contributed by atoms with Gasteiger partial charge in [0.1, 0.15) is 17.5 Å². The summed E-state index contributed by atoms with van der Waals surface area (Å²) < 4.78 is 36.6. The van der Waals surface area contributed by atoms with Crippen LogP contribution < -0.4 is 19.1 Å². The standard InChI is InChI=1S/C22H30N2O5S/c1-7-20(17-11-12-21(29-5)15(2)13-17)23-22(25)16(3)24(30(6,26)27)18-9-8-10-19(14-18)28-4/h8-14,16,20H,7H2,1-6H3,(H,23,25)/t16-,20-/m0/s1. The number of rotatable bonds is 9. The largest absolute Gasteiger partial charge is 0.497 e. The van der Waals surface area contributed by atoms with E-state index in [1.807, 2.05) is 32.0 Å². The number of amides is 1. The lowest BCUT2D eigenvalue weighted by Crippen LogP contribution is -2.48. The van der Waals surface area contributed by atoms with Crippen LogP contribution in [0.1, 0.15) is 37.4 Å². The quantitative estimate of drug-likeness (QED) is 0.654. The second-order valence-electron chi connectivity index (χ2n) is 7.13. The summed E-state index contributed by atoms with van der Waals surface area (Å²) >= 11 is 0. The second kappa shape index (κ2) is 9.84. The molecule has 0 radical (unpaired) electrons. The molecule has 1 N–H and O–H groups in total. The molecule has 0 saturated heterocycles. The number of hydrogen-bond acceptors (Lipinski definition) is 5. The van der Waals surface area contributed by atoms with Crippen LogP contribution in [0.2, 0.25) is 0 Å². The molecule has 2 atom stereocenters. The summed E-state index contributed by atoms with van der Waals surface area (Å²) in [4.78, 5) is 13.0. The van der Waals surface area contributed by atoms with Crippen LogP contribution in [-0.2, 0) is 14.8 Å². The van der Waals surface area contributed by atoms with Crippen molar-refractivity contribution in [2.45, 2.75) is 39.3 Å². The van der Waals surface area contributed by atoms with E-state index in [4.69, 9.17) is 9.47 Å². The Balaban J connectivity index is 2.30. The molecule has 0 heterocycles. The fourth-order valence-electron chi connectivity index (χ4n) is 3.39. The van der Waals surface area contributed by atoms with Crippen LogP contribution in [0.25, 0.3) is 0 Å². The number of carbonyl (C=O) groups excluding carboxylic acids is 1. The summed E-state index contributed by atoms with van der Waals surface area (Å²) in [5, 5.41) is 2.98. The minimum atomic E-state index is -3.71. The van der Waals surface area contributed by atoms with E-state index < -0.39 is 16.1 Å². The lowest BCUT2D eigenvalue weighted by Gasteiger charge is -2.30. The summed E-state index contributed by atoms with van der Waals surface area (Å²) in [5.41, 5.74) is 2.27. The smallest absolute Gasteiger partial charge is 0.244 e. The van der Waals surface area contributed by atoms with E-state index in [-0.39, 0.29) is 11.9 Å². The highest BCUT2D eigenvalue weighted by molar-refractivity contribution is 7.92. The van der Waals surface area contributed by atoms with Crippen LogP contribution >= 0.6 is 0 Å². The monoisotopic (exact) mass is 434 g/mol. The van der Waals surface area contributed by atoms with E-state index in [0.29, 0.717) is 17.9 Å². The predicted molar refractivity (Wildman–Crippen MR) is 119 cm³/mol. The van der Waals surface area contributed by atoms with E-state index in [9.17, 15) is 13.2 Å². The van der Waals surface area contributed by atoms with Gasteiger partial charge in [0.2, 0.25) is 15.9 Å². The summed E-state index contributed by atoms with van der Waals surface area (Å²) in [7, 11) is -0.595. The van der Waals surface area contributed by atoms with Gasteiger partial charge in [-0.25, -0.2) is 8.42 Å². The molecule has 8 heteroatoms. The van der Waals surface area contributed by atoms with Gasteiger partial charge in [0, 0.05) is 6.07 Å². The number of benzene rings is 2. The fraction of sp³-hybridized carbons (Fsp3) is 0.409. The molecule has 0 aliphatic heterocycles. The SMILES string of the molecule is CC[C@H](NC(=O)[C@H](C)N(c1cccc(OC)c1)S(C)(=O)=O)c1ccc(OC)c(C)c1.